The van der Waals surface area contributed by atoms with Gasteiger partial charge in [-0.1, -0.05) is 17.7 Å². The molecule has 1 N–H and O–H groups in total. The van der Waals surface area contributed by atoms with Crippen LogP contribution in [0.4, 0.5) is 0 Å². The van der Waals surface area contributed by atoms with E-state index in [-0.39, 0.29) is 6.10 Å². The van der Waals surface area contributed by atoms with Gasteiger partial charge >= 0.3 is 0 Å². The van der Waals surface area contributed by atoms with Crippen molar-refractivity contribution >= 4 is 0 Å². The zero-order valence-electron chi connectivity index (χ0n) is 13.4. The van der Waals surface area contributed by atoms with Crippen molar-refractivity contribution in [2.75, 3.05) is 0 Å². The number of fused-ring (bicyclic) bond motifs is 2. The van der Waals surface area contributed by atoms with Crippen LogP contribution in [0.3, 0.4) is 0 Å². The molecule has 2 aliphatic rings. The first-order chi connectivity index (χ1) is 10.1. The predicted octanol–water partition coefficient (Wildman–Crippen LogP) is 3.58. The van der Waals surface area contributed by atoms with E-state index in [0.29, 0.717) is 24.8 Å². The lowest BCUT2D eigenvalue weighted by molar-refractivity contribution is 0.0615. The molecular formula is C18H27NO2. The summed E-state index contributed by atoms with van der Waals surface area (Å²) < 4.78 is 12.1. The summed E-state index contributed by atoms with van der Waals surface area (Å²) in [6.07, 6.45) is 5.48. The number of rotatable bonds is 5. The Morgan fingerprint density at radius 1 is 1.19 bits per heavy atom. The lowest BCUT2D eigenvalue weighted by Gasteiger charge is -2.30. The van der Waals surface area contributed by atoms with E-state index in [4.69, 9.17) is 9.47 Å². The summed E-state index contributed by atoms with van der Waals surface area (Å²) in [6.45, 7) is 6.89. The molecule has 1 aromatic rings. The van der Waals surface area contributed by atoms with E-state index in [9.17, 15) is 0 Å². The van der Waals surface area contributed by atoms with E-state index in [1.54, 1.807) is 0 Å². The van der Waals surface area contributed by atoms with Gasteiger partial charge in [0.25, 0.3) is 0 Å². The van der Waals surface area contributed by atoms with Crippen molar-refractivity contribution in [1.82, 2.24) is 5.32 Å². The third-order valence-electron chi connectivity index (χ3n) is 4.51. The zero-order chi connectivity index (χ0) is 14.8. The Balaban J connectivity index is 1.69. The lowest BCUT2D eigenvalue weighted by Crippen LogP contribution is -2.42. The Labute approximate surface area is 128 Å². The Morgan fingerprint density at radius 2 is 1.90 bits per heavy atom. The summed E-state index contributed by atoms with van der Waals surface area (Å²) in [4.78, 5) is 0. The van der Waals surface area contributed by atoms with Crippen molar-refractivity contribution in [3.8, 4) is 5.75 Å². The zero-order valence-corrected chi connectivity index (χ0v) is 13.4. The second-order valence-corrected chi connectivity index (χ2v) is 6.82. The van der Waals surface area contributed by atoms with E-state index in [0.717, 1.165) is 18.6 Å². The Hall–Kier alpha value is -1.06. The first-order valence-corrected chi connectivity index (χ1v) is 8.24. The van der Waals surface area contributed by atoms with Crippen LogP contribution in [-0.4, -0.2) is 24.3 Å². The molecule has 2 bridgehead atoms. The molecule has 3 rings (SSSR count). The summed E-state index contributed by atoms with van der Waals surface area (Å²) in [5, 5.41) is 3.67. The standard InChI is InChI=1S/C18H27NO2/c1-12(2)20-11-14-8-13(3)4-7-18(14)21-17-9-15-5-6-16(10-17)19-15/h4,7-8,12,15-17,19H,5-6,9-11H2,1-3H3/t15-,16+,17+. The van der Waals surface area contributed by atoms with Gasteiger partial charge < -0.3 is 14.8 Å². The van der Waals surface area contributed by atoms with E-state index in [2.05, 4.69) is 44.3 Å². The Morgan fingerprint density at radius 3 is 2.57 bits per heavy atom. The average molecular weight is 289 g/mol. The molecule has 0 unspecified atom stereocenters. The first kappa shape index (κ1) is 14.9. The third-order valence-corrected chi connectivity index (χ3v) is 4.51. The fourth-order valence-corrected chi connectivity index (χ4v) is 3.47. The van der Waals surface area contributed by atoms with Gasteiger partial charge in [0, 0.05) is 17.6 Å². The smallest absolute Gasteiger partial charge is 0.125 e. The van der Waals surface area contributed by atoms with Crippen LogP contribution < -0.4 is 10.1 Å². The van der Waals surface area contributed by atoms with E-state index in [1.807, 2.05) is 0 Å². The van der Waals surface area contributed by atoms with Gasteiger partial charge in [-0.15, -0.1) is 0 Å². The Kier molecular flexibility index (Phi) is 4.51. The number of benzene rings is 1. The molecule has 0 aliphatic carbocycles. The number of nitrogens with one attached hydrogen (secondary N) is 1. The molecule has 2 fully saturated rings. The van der Waals surface area contributed by atoms with Crippen molar-refractivity contribution in [2.24, 2.45) is 0 Å². The molecule has 116 valence electrons. The van der Waals surface area contributed by atoms with Crippen molar-refractivity contribution < 1.29 is 9.47 Å². The number of hydrogen-bond acceptors (Lipinski definition) is 3. The van der Waals surface area contributed by atoms with Crippen molar-refractivity contribution in [2.45, 2.75) is 77.4 Å². The SMILES string of the molecule is Cc1ccc(O[C@H]2C[C@H]3CC[C@@H](C2)N3)c(COC(C)C)c1. The monoisotopic (exact) mass is 289 g/mol. The molecule has 2 heterocycles. The molecule has 0 radical (unpaired) electrons. The summed E-state index contributed by atoms with van der Waals surface area (Å²) in [5.41, 5.74) is 2.43. The summed E-state index contributed by atoms with van der Waals surface area (Å²) >= 11 is 0. The Bertz CT molecular complexity index is 474. The number of ether oxygens (including phenoxy) is 2. The lowest BCUT2D eigenvalue weighted by atomic mass is 10.0. The van der Waals surface area contributed by atoms with Crippen LogP contribution in [0.2, 0.25) is 0 Å². The van der Waals surface area contributed by atoms with Gasteiger partial charge in [0.2, 0.25) is 0 Å². The van der Waals surface area contributed by atoms with Crippen LogP contribution >= 0.6 is 0 Å². The van der Waals surface area contributed by atoms with Gasteiger partial charge in [-0.05, 0) is 52.5 Å². The topological polar surface area (TPSA) is 30.5 Å². The number of aryl methyl sites for hydroxylation is 1. The fourth-order valence-electron chi connectivity index (χ4n) is 3.47. The molecule has 0 spiro atoms. The van der Waals surface area contributed by atoms with Gasteiger partial charge in [-0.2, -0.15) is 0 Å². The maximum absolute atomic E-state index is 6.33. The third kappa shape index (κ3) is 3.78. The van der Waals surface area contributed by atoms with Gasteiger partial charge in [-0.3, -0.25) is 0 Å². The molecule has 21 heavy (non-hydrogen) atoms. The molecule has 2 aliphatic heterocycles. The largest absolute Gasteiger partial charge is 0.490 e. The quantitative estimate of drug-likeness (QED) is 0.898. The molecule has 0 aromatic heterocycles. The molecule has 0 saturated carbocycles. The number of piperidine rings is 1. The molecule has 3 nitrogen and oxygen atoms in total. The van der Waals surface area contributed by atoms with Gasteiger partial charge in [0.15, 0.2) is 0 Å². The van der Waals surface area contributed by atoms with Crippen LogP contribution in [0.15, 0.2) is 18.2 Å². The summed E-state index contributed by atoms with van der Waals surface area (Å²) in [5.74, 6) is 1.01. The minimum atomic E-state index is 0.244. The highest BCUT2D eigenvalue weighted by Crippen LogP contribution is 2.31. The minimum Gasteiger partial charge on any atom is -0.490 e. The fraction of sp³-hybridized carbons (Fsp3) is 0.667. The summed E-state index contributed by atoms with van der Waals surface area (Å²) in [7, 11) is 0. The molecule has 0 amide bonds. The van der Waals surface area contributed by atoms with Crippen LogP contribution in [0, 0.1) is 6.92 Å². The minimum absolute atomic E-state index is 0.244. The average Bonchev–Trinajstić information content (AvgIpc) is 2.78. The van der Waals surface area contributed by atoms with E-state index >= 15 is 0 Å². The van der Waals surface area contributed by atoms with Crippen LogP contribution in [0.25, 0.3) is 0 Å². The number of hydrogen-bond donors (Lipinski definition) is 1. The van der Waals surface area contributed by atoms with E-state index < -0.39 is 0 Å². The second kappa shape index (κ2) is 6.37. The van der Waals surface area contributed by atoms with Gasteiger partial charge in [0.1, 0.15) is 11.9 Å². The normalized spacial score (nSPS) is 28.1. The van der Waals surface area contributed by atoms with Gasteiger partial charge in [-0.25, -0.2) is 0 Å². The van der Waals surface area contributed by atoms with Crippen LogP contribution in [0.5, 0.6) is 5.75 Å². The van der Waals surface area contributed by atoms with Crippen molar-refractivity contribution in [3.05, 3.63) is 29.3 Å². The second-order valence-electron chi connectivity index (χ2n) is 6.82. The van der Waals surface area contributed by atoms with E-state index in [1.165, 1.54) is 24.0 Å². The maximum Gasteiger partial charge on any atom is 0.125 e. The predicted molar refractivity (Wildman–Crippen MR) is 84.7 cm³/mol. The molecule has 2 saturated heterocycles. The van der Waals surface area contributed by atoms with Crippen LogP contribution in [-0.2, 0) is 11.3 Å². The summed E-state index contributed by atoms with van der Waals surface area (Å²) in [6, 6.07) is 7.75. The molecular weight excluding hydrogens is 262 g/mol. The molecule has 3 atom stereocenters. The van der Waals surface area contributed by atoms with Gasteiger partial charge in [0.05, 0.1) is 12.7 Å². The molecule has 3 heteroatoms. The molecule has 1 aromatic carbocycles. The maximum atomic E-state index is 6.33. The first-order valence-electron chi connectivity index (χ1n) is 8.24. The highest BCUT2D eigenvalue weighted by atomic mass is 16.5. The van der Waals surface area contributed by atoms with Crippen molar-refractivity contribution in [1.29, 1.82) is 0 Å². The highest BCUT2D eigenvalue weighted by Gasteiger charge is 2.34. The van der Waals surface area contributed by atoms with Crippen molar-refractivity contribution in [3.63, 3.8) is 0 Å². The highest BCUT2D eigenvalue weighted by molar-refractivity contribution is 5.36. The van der Waals surface area contributed by atoms with Crippen LogP contribution in [0.1, 0.15) is 50.7 Å².